The molecule has 1 heterocycles. The summed E-state index contributed by atoms with van der Waals surface area (Å²) in [5, 5.41) is 17.4. The minimum absolute atomic E-state index is 0.464. The van der Waals surface area contributed by atoms with Crippen LogP contribution in [0.5, 0.6) is 5.75 Å². The monoisotopic (exact) mass is 323 g/mol. The Morgan fingerprint density at radius 2 is 2.00 bits per heavy atom. The third-order valence-electron chi connectivity index (χ3n) is 3.17. The van der Waals surface area contributed by atoms with E-state index in [-0.39, 0.29) is 0 Å². The Morgan fingerprint density at radius 1 is 1.17 bits per heavy atom. The van der Waals surface area contributed by atoms with E-state index in [4.69, 9.17) is 14.4 Å². The summed E-state index contributed by atoms with van der Waals surface area (Å²) in [5.74, 6) is 1.91. The van der Waals surface area contributed by atoms with E-state index in [9.17, 15) is 0 Å². The molecule has 0 radical (unpaired) electrons. The van der Waals surface area contributed by atoms with Crippen molar-refractivity contribution in [3.8, 4) is 23.3 Å². The third-order valence-corrected chi connectivity index (χ3v) is 4.06. The molecule has 0 fully saturated rings. The Balaban J connectivity index is 1.68. The number of nitriles is 1. The molecule has 5 nitrogen and oxygen atoms in total. The minimum atomic E-state index is 0.464. The van der Waals surface area contributed by atoms with Gasteiger partial charge in [-0.25, -0.2) is 0 Å². The molecular weight excluding hydrogens is 310 g/mol. The van der Waals surface area contributed by atoms with Gasteiger partial charge in [0.15, 0.2) is 0 Å². The average Bonchev–Trinajstić information content (AvgIpc) is 3.09. The molecule has 0 spiro atoms. The van der Waals surface area contributed by atoms with Gasteiger partial charge in [-0.15, -0.1) is 10.2 Å². The zero-order valence-electron chi connectivity index (χ0n) is 12.4. The number of benzene rings is 2. The molecule has 3 rings (SSSR count). The van der Waals surface area contributed by atoms with Crippen LogP contribution in [0.25, 0.3) is 11.5 Å². The number of thioether (sulfide) groups is 1. The fourth-order valence-corrected chi connectivity index (χ4v) is 2.68. The summed E-state index contributed by atoms with van der Waals surface area (Å²) in [7, 11) is 1.62. The topological polar surface area (TPSA) is 71.9 Å². The van der Waals surface area contributed by atoms with Gasteiger partial charge in [0.25, 0.3) is 5.22 Å². The van der Waals surface area contributed by atoms with E-state index in [1.54, 1.807) is 19.2 Å². The molecule has 0 aliphatic rings. The number of methoxy groups -OCH3 is 1. The first-order valence-electron chi connectivity index (χ1n) is 6.88. The van der Waals surface area contributed by atoms with E-state index in [1.165, 1.54) is 11.8 Å². The number of hydrogen-bond acceptors (Lipinski definition) is 6. The van der Waals surface area contributed by atoms with E-state index in [0.717, 1.165) is 16.9 Å². The second-order valence-electron chi connectivity index (χ2n) is 4.70. The van der Waals surface area contributed by atoms with E-state index < -0.39 is 0 Å². The molecule has 1 aromatic heterocycles. The molecule has 0 saturated carbocycles. The normalized spacial score (nSPS) is 10.3. The van der Waals surface area contributed by atoms with Crippen LogP contribution in [0.4, 0.5) is 0 Å². The molecule has 0 amide bonds. The zero-order valence-corrected chi connectivity index (χ0v) is 13.2. The summed E-state index contributed by atoms with van der Waals surface area (Å²) in [6.07, 6.45) is 0. The van der Waals surface area contributed by atoms with Crippen molar-refractivity contribution in [3.63, 3.8) is 0 Å². The summed E-state index contributed by atoms with van der Waals surface area (Å²) in [5.41, 5.74) is 2.56. The first-order chi connectivity index (χ1) is 11.3. The van der Waals surface area contributed by atoms with Crippen molar-refractivity contribution in [2.75, 3.05) is 7.11 Å². The van der Waals surface area contributed by atoms with Crippen molar-refractivity contribution in [1.82, 2.24) is 10.2 Å². The summed E-state index contributed by atoms with van der Waals surface area (Å²) < 4.78 is 10.9. The quantitative estimate of drug-likeness (QED) is 0.663. The Kier molecular flexibility index (Phi) is 4.60. The summed E-state index contributed by atoms with van der Waals surface area (Å²) in [6.45, 7) is 0. The zero-order chi connectivity index (χ0) is 16.1. The second-order valence-corrected chi connectivity index (χ2v) is 5.63. The molecule has 23 heavy (non-hydrogen) atoms. The lowest BCUT2D eigenvalue weighted by Gasteiger charge is -2.00. The van der Waals surface area contributed by atoms with Crippen molar-refractivity contribution in [2.24, 2.45) is 0 Å². The van der Waals surface area contributed by atoms with Crippen molar-refractivity contribution in [3.05, 3.63) is 59.7 Å². The van der Waals surface area contributed by atoms with Crippen LogP contribution >= 0.6 is 11.8 Å². The van der Waals surface area contributed by atoms with Crippen LogP contribution in [0.1, 0.15) is 11.1 Å². The first kappa shape index (κ1) is 15.1. The maximum atomic E-state index is 8.79. The van der Waals surface area contributed by atoms with E-state index in [0.29, 0.717) is 22.4 Å². The SMILES string of the molecule is COc1cccc(-c2nnc(SCc3ccc(C#N)cc3)o2)c1. The highest BCUT2D eigenvalue weighted by molar-refractivity contribution is 7.98. The summed E-state index contributed by atoms with van der Waals surface area (Å²) in [4.78, 5) is 0. The van der Waals surface area contributed by atoms with E-state index in [2.05, 4.69) is 16.3 Å². The molecule has 0 saturated heterocycles. The lowest BCUT2D eigenvalue weighted by molar-refractivity contribution is 0.414. The van der Waals surface area contributed by atoms with Crippen LogP contribution in [-0.2, 0) is 5.75 Å². The molecule has 0 atom stereocenters. The molecule has 3 aromatic rings. The minimum Gasteiger partial charge on any atom is -0.497 e. The number of nitrogens with zero attached hydrogens (tertiary/aromatic N) is 3. The van der Waals surface area contributed by atoms with Crippen LogP contribution in [0, 0.1) is 11.3 Å². The average molecular weight is 323 g/mol. The highest BCUT2D eigenvalue weighted by Gasteiger charge is 2.10. The Bertz CT molecular complexity index is 838. The largest absolute Gasteiger partial charge is 0.497 e. The fraction of sp³-hybridized carbons (Fsp3) is 0.118. The second kappa shape index (κ2) is 6.99. The van der Waals surface area contributed by atoms with E-state index >= 15 is 0 Å². The highest BCUT2D eigenvalue weighted by atomic mass is 32.2. The van der Waals surface area contributed by atoms with Gasteiger partial charge in [-0.2, -0.15) is 5.26 Å². The Hall–Kier alpha value is -2.78. The molecule has 114 valence electrons. The first-order valence-corrected chi connectivity index (χ1v) is 7.87. The van der Waals surface area contributed by atoms with Crippen LogP contribution < -0.4 is 4.74 Å². The molecule has 0 bridgehead atoms. The lowest BCUT2D eigenvalue weighted by atomic mass is 10.2. The molecule has 0 unspecified atom stereocenters. The van der Waals surface area contributed by atoms with Crippen LogP contribution in [-0.4, -0.2) is 17.3 Å². The van der Waals surface area contributed by atoms with Gasteiger partial charge in [0.05, 0.1) is 18.7 Å². The van der Waals surface area contributed by atoms with Crippen LogP contribution in [0.15, 0.2) is 58.2 Å². The van der Waals surface area contributed by atoms with Gasteiger partial charge in [-0.05, 0) is 35.9 Å². The summed E-state index contributed by atoms with van der Waals surface area (Å²) in [6, 6.07) is 17.0. The van der Waals surface area contributed by atoms with Crippen LogP contribution in [0.3, 0.4) is 0 Å². The molecule has 0 aliphatic carbocycles. The van der Waals surface area contributed by atoms with Crippen molar-refractivity contribution in [2.45, 2.75) is 11.0 Å². The van der Waals surface area contributed by atoms with E-state index in [1.807, 2.05) is 36.4 Å². The molecular formula is C17H13N3O2S. The highest BCUT2D eigenvalue weighted by Crippen LogP contribution is 2.27. The van der Waals surface area contributed by atoms with Crippen LogP contribution in [0.2, 0.25) is 0 Å². The number of hydrogen-bond donors (Lipinski definition) is 0. The number of ether oxygens (including phenoxy) is 1. The van der Waals surface area contributed by atoms with Gasteiger partial charge >= 0.3 is 0 Å². The Morgan fingerprint density at radius 3 is 2.74 bits per heavy atom. The van der Waals surface area contributed by atoms with Crippen molar-refractivity contribution < 1.29 is 9.15 Å². The molecule has 0 aliphatic heterocycles. The van der Waals surface area contributed by atoms with Crippen molar-refractivity contribution >= 4 is 11.8 Å². The van der Waals surface area contributed by atoms with Gasteiger partial charge in [0.1, 0.15) is 5.75 Å². The van der Waals surface area contributed by atoms with Gasteiger partial charge in [0, 0.05) is 11.3 Å². The molecule has 0 N–H and O–H groups in total. The standard InChI is InChI=1S/C17H13N3O2S/c1-21-15-4-2-3-14(9-15)16-19-20-17(22-16)23-11-13-7-5-12(10-18)6-8-13/h2-9H,11H2,1H3. The lowest BCUT2D eigenvalue weighted by Crippen LogP contribution is -1.83. The summed E-state index contributed by atoms with van der Waals surface area (Å²) >= 11 is 1.46. The fourth-order valence-electron chi connectivity index (χ4n) is 1.96. The third kappa shape index (κ3) is 3.71. The van der Waals surface area contributed by atoms with Gasteiger partial charge in [-0.1, -0.05) is 30.0 Å². The van der Waals surface area contributed by atoms with Gasteiger partial charge < -0.3 is 9.15 Å². The maximum absolute atomic E-state index is 8.79. The van der Waals surface area contributed by atoms with Crippen molar-refractivity contribution in [1.29, 1.82) is 5.26 Å². The van der Waals surface area contributed by atoms with Gasteiger partial charge in [0.2, 0.25) is 5.89 Å². The smallest absolute Gasteiger partial charge is 0.277 e. The predicted molar refractivity (Wildman–Crippen MR) is 87.0 cm³/mol. The number of aromatic nitrogens is 2. The predicted octanol–water partition coefficient (Wildman–Crippen LogP) is 3.91. The molecule has 6 heteroatoms. The van der Waals surface area contributed by atoms with Gasteiger partial charge in [-0.3, -0.25) is 0 Å². The number of rotatable bonds is 5. The molecule has 2 aromatic carbocycles. The maximum Gasteiger partial charge on any atom is 0.277 e. The Labute approximate surface area is 137 Å².